The quantitative estimate of drug-likeness (QED) is 0.0254. The van der Waals surface area contributed by atoms with Crippen molar-refractivity contribution in [2.75, 3.05) is 54.2 Å². The summed E-state index contributed by atoms with van der Waals surface area (Å²) < 4.78 is 271. The van der Waals surface area contributed by atoms with E-state index in [-0.39, 0.29) is 102 Å². The standard InChI is InChI=1S/C81H87BF9N15O15S3/c1-49-43-73(4,5)101(46-49)64-55(67(107)98-122(110,111)52-19-13-10-14-20-52)25-28-58(92-64)104-37-31-61(95-104)116-40-34-76(70(83)79(76,86)87)119-82(120-77(71(84)80(77,88)89)35-41-117-62-32-38-105(96-62)59-29-26-56(65(93-59)102-47-50(2)44-74(102,6)7)68(108)99-123(112,113)53-21-15-11-16-22-53)121-78(72(85)81(78,90)91)36-42-118-63-33-39-106(97-63)60-30-27-57(66(94-60)103-48-51(3)45-75(103,8)9)69(109)100-124(114,115)54-23-17-12-18-24-54/h10-33,37-39,49-51,70-72H,34-36,40-48H2,1-9H3,(H,98,107)(H,99,108)(H,100,109)/t49-,50-,51-,70-,71-,72-,76-,77-,78-/m0/s1. The van der Waals surface area contributed by atoms with E-state index in [1.54, 1.807) is 18.2 Å². The topological polar surface area (TPSA) is 347 Å². The minimum absolute atomic E-state index is 0.0122. The highest BCUT2D eigenvalue weighted by Crippen LogP contribution is 2.66. The molecule has 9 heterocycles. The van der Waals surface area contributed by atoms with Crippen LogP contribution in [0.3, 0.4) is 0 Å². The number of aromatic nitrogens is 9. The zero-order valence-corrected chi connectivity index (χ0v) is 70.7. The fourth-order valence-electron chi connectivity index (χ4n) is 16.9. The Bertz CT molecular complexity index is 5370. The van der Waals surface area contributed by atoms with Gasteiger partial charge in [-0.15, -0.1) is 15.3 Å². The Morgan fingerprint density at radius 3 is 0.855 bits per heavy atom. The van der Waals surface area contributed by atoms with Gasteiger partial charge in [-0.1, -0.05) is 75.4 Å². The maximum atomic E-state index is 16.3. The number of rotatable bonds is 33. The number of carbonyl (C=O) groups is 3. The van der Waals surface area contributed by atoms with Crippen molar-refractivity contribution in [3.8, 4) is 35.1 Å². The lowest BCUT2D eigenvalue weighted by Gasteiger charge is -2.34. The summed E-state index contributed by atoms with van der Waals surface area (Å²) in [6.45, 7) is 15.4. The average Bonchev–Trinajstić information content (AvgIpc) is 1.51. The number of pyridine rings is 3. The van der Waals surface area contributed by atoms with Crippen LogP contribution in [0.5, 0.6) is 17.6 Å². The van der Waals surface area contributed by atoms with E-state index >= 15 is 39.5 Å². The summed E-state index contributed by atoms with van der Waals surface area (Å²) in [6.07, 6.45) is -8.51. The Kier molecular flexibility index (Phi) is 22.7. The van der Waals surface area contributed by atoms with Gasteiger partial charge in [0.25, 0.3) is 47.8 Å². The molecule has 9 aromatic rings. The van der Waals surface area contributed by atoms with Gasteiger partial charge in [-0.25, -0.2) is 81.6 Å². The number of amides is 3. The number of carbonyl (C=O) groups excluding carboxylic acids is 3. The molecule has 0 unspecified atom stereocenters. The monoisotopic (exact) mass is 1790 g/mol. The van der Waals surface area contributed by atoms with Crippen LogP contribution in [0.2, 0.25) is 0 Å². The second kappa shape index (κ2) is 32.0. The Hall–Kier alpha value is -10.9. The molecule has 9 atom stereocenters. The van der Waals surface area contributed by atoms with Gasteiger partial charge in [-0.3, -0.25) is 14.4 Å². The molecule has 30 nitrogen and oxygen atoms in total. The lowest BCUT2D eigenvalue weighted by Crippen LogP contribution is -2.47. The summed E-state index contributed by atoms with van der Waals surface area (Å²) in [7, 11) is -16.6. The Morgan fingerprint density at radius 1 is 0.395 bits per heavy atom. The number of benzene rings is 3. The molecule has 3 saturated heterocycles. The van der Waals surface area contributed by atoms with E-state index in [1.807, 2.05) is 77.0 Å². The third kappa shape index (κ3) is 16.5. The lowest BCUT2D eigenvalue weighted by molar-refractivity contribution is -0.101. The van der Waals surface area contributed by atoms with Crippen LogP contribution in [0.15, 0.2) is 179 Å². The number of anilines is 3. The first kappa shape index (κ1) is 88.0. The van der Waals surface area contributed by atoms with Gasteiger partial charge in [-0.05, 0) is 151 Å². The van der Waals surface area contributed by atoms with E-state index in [1.165, 1.54) is 146 Å². The molecule has 0 bridgehead atoms. The summed E-state index contributed by atoms with van der Waals surface area (Å²) in [6, 6.07) is 32.9. The number of hydrogen-bond acceptors (Lipinski definition) is 24. The Labute approximate surface area is 707 Å². The van der Waals surface area contributed by atoms with E-state index < -0.39 is 164 Å². The third-order valence-corrected chi connectivity index (χ3v) is 27.3. The molecule has 0 radical (unpaired) electrons. The molecule has 3 aliphatic carbocycles. The molecule has 3 N–H and O–H groups in total. The largest absolute Gasteiger partial charge is 0.641 e. The van der Waals surface area contributed by atoms with E-state index in [0.717, 1.165) is 14.0 Å². The number of nitrogens with one attached hydrogen (secondary N) is 3. The van der Waals surface area contributed by atoms with Crippen molar-refractivity contribution in [2.45, 2.75) is 185 Å². The van der Waals surface area contributed by atoms with Crippen LogP contribution in [0.25, 0.3) is 17.5 Å². The van der Waals surface area contributed by atoms with Crippen LogP contribution in [0.4, 0.5) is 57.0 Å². The highest BCUT2D eigenvalue weighted by Gasteiger charge is 2.90. The number of halogens is 9. The fourth-order valence-corrected chi connectivity index (χ4v) is 19.9. The molecule has 6 fully saturated rings. The van der Waals surface area contributed by atoms with Gasteiger partial charge in [-0.2, -0.15) is 26.3 Å². The van der Waals surface area contributed by atoms with Crippen LogP contribution in [0, 0.1) is 17.8 Å². The summed E-state index contributed by atoms with van der Waals surface area (Å²) in [5.41, 5.74) is -13.2. The highest BCUT2D eigenvalue weighted by molar-refractivity contribution is 7.90. The van der Waals surface area contributed by atoms with Gasteiger partial charge in [0, 0.05) is 92.3 Å². The van der Waals surface area contributed by atoms with Crippen molar-refractivity contribution in [3.63, 3.8) is 0 Å². The van der Waals surface area contributed by atoms with Crippen molar-refractivity contribution >= 4 is 72.6 Å². The molecule has 0 spiro atoms. The second-order valence-corrected chi connectivity index (χ2v) is 39.0. The molecule has 3 saturated carbocycles. The average molecular weight is 1790 g/mol. The van der Waals surface area contributed by atoms with Crippen LogP contribution in [-0.4, -0.2) is 204 Å². The molecule has 3 aromatic carbocycles. The van der Waals surface area contributed by atoms with E-state index in [2.05, 4.69) is 29.5 Å². The van der Waals surface area contributed by atoms with Crippen LogP contribution in [-0.2, 0) is 44.0 Å². The van der Waals surface area contributed by atoms with Crippen molar-refractivity contribution in [1.29, 1.82) is 0 Å². The first-order valence-electron chi connectivity index (χ1n) is 39.6. The van der Waals surface area contributed by atoms with Gasteiger partial charge in [0.15, 0.2) is 52.8 Å². The minimum atomic E-state index is -4.67. The number of ether oxygens (including phenoxy) is 3. The molecule has 43 heteroatoms. The number of sulfonamides is 3. The van der Waals surface area contributed by atoms with Gasteiger partial charge >= 0.3 is 25.1 Å². The molecule has 3 amide bonds. The third-order valence-electron chi connectivity index (χ3n) is 23.3. The van der Waals surface area contributed by atoms with Crippen molar-refractivity contribution in [3.05, 3.63) is 181 Å². The molecule has 15 rings (SSSR count). The molecule has 6 aliphatic rings. The molecular formula is C81H87BF9N15O15S3. The van der Waals surface area contributed by atoms with Crippen molar-refractivity contribution < 1.29 is 107 Å². The molecule has 3 aliphatic heterocycles. The summed E-state index contributed by atoms with van der Waals surface area (Å²) in [5, 5.41) is 13.0. The van der Waals surface area contributed by atoms with E-state index in [4.69, 9.17) is 43.1 Å². The highest BCUT2D eigenvalue weighted by atomic mass is 32.2. The minimum Gasteiger partial charge on any atom is -0.476 e. The van der Waals surface area contributed by atoms with Gasteiger partial charge < -0.3 is 42.9 Å². The lowest BCUT2D eigenvalue weighted by atomic mass is 9.97. The number of nitrogens with zero attached hydrogens (tertiary/aromatic N) is 12. The summed E-state index contributed by atoms with van der Waals surface area (Å²) in [5.74, 6) is -17.8. The Balaban J connectivity index is 0.691. The predicted octanol–water partition coefficient (Wildman–Crippen LogP) is 11.6. The second-order valence-electron chi connectivity index (χ2n) is 33.9. The predicted molar refractivity (Wildman–Crippen MR) is 430 cm³/mol. The summed E-state index contributed by atoms with van der Waals surface area (Å²) in [4.78, 5) is 61.0. The van der Waals surface area contributed by atoms with Crippen molar-refractivity contribution in [2.24, 2.45) is 17.8 Å². The zero-order chi connectivity index (χ0) is 89.1. The van der Waals surface area contributed by atoms with Crippen molar-refractivity contribution in [1.82, 2.24) is 58.5 Å². The molecule has 6 aromatic heterocycles. The molecular weight excluding hydrogens is 1700 g/mol. The fraction of sp³-hybridized carbons (Fsp3) is 0.444. The normalized spacial score (nSPS) is 24.9. The number of hydrogen-bond donors (Lipinski definition) is 3. The van der Waals surface area contributed by atoms with Crippen LogP contribution in [0.1, 0.15) is 132 Å². The first-order chi connectivity index (χ1) is 58.2. The van der Waals surface area contributed by atoms with E-state index in [9.17, 15) is 39.6 Å². The first-order valence-corrected chi connectivity index (χ1v) is 44.1. The maximum Gasteiger partial charge on any atom is 0.641 e. The smallest absolute Gasteiger partial charge is 0.476 e. The van der Waals surface area contributed by atoms with Crippen LogP contribution < -0.4 is 43.1 Å². The van der Waals surface area contributed by atoms with E-state index in [0.29, 0.717) is 38.9 Å². The van der Waals surface area contributed by atoms with Crippen LogP contribution >= 0.6 is 0 Å². The Morgan fingerprint density at radius 2 is 0.637 bits per heavy atom. The molecule has 124 heavy (non-hydrogen) atoms. The molecule has 660 valence electrons. The van der Waals surface area contributed by atoms with Gasteiger partial charge in [0.2, 0.25) is 17.6 Å². The maximum absolute atomic E-state index is 16.3. The SMILES string of the molecule is C[C@@H]1CN(c2nc(-n3ccc(OCC[C@]4(OB(O[C@@]5(CCOc6ccn(-c7ccc(C(=O)NS(=O)(=O)c8ccccc8)c(N8C[C@@H](C)CC8(C)C)n7)n6)[C@H](F)C5(F)F)O[C@@]5(CCOc6ccn(-c7ccc(C(=O)NS(=O)(=O)c8ccccc8)c(N8C[C@@H](C)CC8(C)C)n7)n6)[C@H](F)C5(F)F)[C@H](F)C4(F)F)n3)ccc2C(=O)NS(=O)(=O)c2ccccc2)C(C)(C)C1. The van der Waals surface area contributed by atoms with Gasteiger partial charge in [0.1, 0.15) is 17.5 Å². The number of alkyl halides is 9. The van der Waals surface area contributed by atoms with Gasteiger partial charge in [0.05, 0.1) is 51.2 Å². The zero-order valence-electron chi connectivity index (χ0n) is 68.2. The summed E-state index contributed by atoms with van der Waals surface area (Å²) >= 11 is 0.